The Labute approximate surface area is 303 Å². The molecule has 0 radical (unpaired) electrons. The van der Waals surface area contributed by atoms with Crippen molar-refractivity contribution in [2.75, 3.05) is 19.8 Å². The van der Waals surface area contributed by atoms with E-state index in [1.54, 1.807) is 6.92 Å². The van der Waals surface area contributed by atoms with Crippen LogP contribution in [0.5, 0.6) is 0 Å². The Kier molecular flexibility index (Phi) is 6.27. The number of hydrogen-bond donors (Lipinski definition) is 4. The van der Waals surface area contributed by atoms with E-state index in [4.69, 9.17) is 23.7 Å². The van der Waals surface area contributed by atoms with Gasteiger partial charge in [-0.15, -0.1) is 0 Å². The normalized spacial score (nSPS) is 51.7. The molecule has 0 aromatic carbocycles. The molecule has 0 amide bonds. The highest BCUT2D eigenvalue weighted by Crippen LogP contribution is 2.84. The summed E-state index contributed by atoms with van der Waals surface area (Å²) >= 11 is 0. The molecule has 5 fully saturated rings. The van der Waals surface area contributed by atoms with Gasteiger partial charge in [-0.05, 0) is 85.8 Å². The quantitative estimate of drug-likeness (QED) is 0.202. The monoisotopic (exact) mass is 734 g/mol. The molecule has 13 atom stereocenters. The molecule has 10 rings (SSSR count). The number of hydrogen-bond acceptors (Lipinski definition) is 14. The number of fused-ring (bicyclic) bond motifs is 9. The third-order valence-corrected chi connectivity index (χ3v) is 15.6. The molecule has 7 aliphatic carbocycles. The van der Waals surface area contributed by atoms with Crippen LogP contribution in [-0.4, -0.2) is 98.8 Å². The van der Waals surface area contributed by atoms with Gasteiger partial charge < -0.3 is 44.1 Å². The lowest BCUT2D eigenvalue weighted by atomic mass is 9.42. The Hall–Kier alpha value is -3.85. The summed E-state index contributed by atoms with van der Waals surface area (Å²) in [6.45, 7) is 5.65. The summed E-state index contributed by atoms with van der Waals surface area (Å²) in [5.41, 5.74) is -5.72. The van der Waals surface area contributed by atoms with E-state index in [2.05, 4.69) is 0 Å². The van der Waals surface area contributed by atoms with Crippen LogP contribution in [0.4, 0.5) is 0 Å². The smallest absolute Gasteiger partial charge is 0.338 e. The number of carbonyl (C=O) groups excluding carboxylic acids is 5. The molecule has 0 aromatic heterocycles. The molecule has 282 valence electrons. The molecular weight excluding hydrogens is 692 g/mol. The second kappa shape index (κ2) is 9.87. The molecule has 14 nitrogen and oxygen atoms in total. The number of carbonyl (C=O) groups is 5. The standard InChI is InChI=1S/C39H42O14/c1-15-7-8-49-25(40)5-6-26(41)50-13-17-18-11-23-34(3,19-9-22(19)37(23,47)14-51-30(15)42)24-12-36(46)21-10-20(21)35(4)29(36)28(38(18,24)52-32(17)44)27-16(2)31(43)53-39(27,48)33(35)45/h7,19-24,33,45-48H,5-6,8-14H2,1-4H3/b15-7+/t19-,20-,21+,22+,23-,24-,33-,34+,35+,36+,37+,38+,39+/m1/s1. The van der Waals surface area contributed by atoms with Crippen LogP contribution in [0.3, 0.4) is 0 Å². The molecule has 5 saturated carbocycles. The highest BCUT2D eigenvalue weighted by atomic mass is 16.7. The zero-order chi connectivity index (χ0) is 37.6. The highest BCUT2D eigenvalue weighted by molar-refractivity contribution is 5.98. The van der Waals surface area contributed by atoms with Gasteiger partial charge in [-0.25, -0.2) is 14.4 Å². The van der Waals surface area contributed by atoms with Crippen LogP contribution < -0.4 is 0 Å². The minimum Gasteiger partial charge on any atom is -0.461 e. The fraction of sp³-hybridized carbons (Fsp3) is 0.667. The zero-order valence-corrected chi connectivity index (χ0v) is 29.9. The molecule has 3 aliphatic heterocycles. The number of aliphatic hydroxyl groups is 4. The van der Waals surface area contributed by atoms with Crippen molar-refractivity contribution in [3.05, 3.63) is 45.1 Å². The predicted octanol–water partition coefficient (Wildman–Crippen LogP) is 0.995. The first-order valence-electron chi connectivity index (χ1n) is 18.6. The predicted molar refractivity (Wildman–Crippen MR) is 174 cm³/mol. The van der Waals surface area contributed by atoms with E-state index < -0.39 is 87.8 Å². The minimum absolute atomic E-state index is 0.00694. The van der Waals surface area contributed by atoms with Gasteiger partial charge in [0.2, 0.25) is 0 Å². The van der Waals surface area contributed by atoms with Crippen molar-refractivity contribution in [1.82, 2.24) is 0 Å². The Morgan fingerprint density at radius 1 is 0.774 bits per heavy atom. The third-order valence-electron chi connectivity index (χ3n) is 15.6. The van der Waals surface area contributed by atoms with E-state index in [-0.39, 0.29) is 90.4 Å². The van der Waals surface area contributed by atoms with Crippen LogP contribution in [0.25, 0.3) is 0 Å². The molecule has 3 heterocycles. The number of aliphatic hydroxyl groups excluding tert-OH is 1. The molecule has 10 aliphatic rings. The van der Waals surface area contributed by atoms with Crippen molar-refractivity contribution in [3.8, 4) is 0 Å². The molecule has 0 aromatic rings. The van der Waals surface area contributed by atoms with Gasteiger partial charge >= 0.3 is 29.8 Å². The first kappa shape index (κ1) is 33.7. The molecule has 53 heavy (non-hydrogen) atoms. The minimum atomic E-state index is -2.51. The summed E-state index contributed by atoms with van der Waals surface area (Å²) in [6, 6.07) is 0. The molecule has 1 spiro atoms. The van der Waals surface area contributed by atoms with Crippen LogP contribution in [0.1, 0.15) is 66.2 Å². The van der Waals surface area contributed by atoms with Gasteiger partial charge in [0, 0.05) is 39.5 Å². The topological polar surface area (TPSA) is 212 Å². The highest BCUT2D eigenvalue weighted by Gasteiger charge is 2.87. The maximum atomic E-state index is 14.4. The van der Waals surface area contributed by atoms with Crippen LogP contribution in [-0.2, 0) is 47.7 Å². The van der Waals surface area contributed by atoms with Gasteiger partial charge in [-0.3, -0.25) is 9.59 Å². The van der Waals surface area contributed by atoms with Gasteiger partial charge in [0.05, 0.1) is 24.0 Å². The zero-order valence-electron chi connectivity index (χ0n) is 29.9. The Balaban J connectivity index is 1.21. The summed E-state index contributed by atoms with van der Waals surface area (Å²) in [6.07, 6.45) is 0.362. The van der Waals surface area contributed by atoms with E-state index >= 15 is 0 Å². The lowest BCUT2D eigenvalue weighted by Gasteiger charge is -2.64. The van der Waals surface area contributed by atoms with Gasteiger partial charge in [-0.2, -0.15) is 0 Å². The fourth-order valence-electron chi connectivity index (χ4n) is 13.2. The first-order valence-corrected chi connectivity index (χ1v) is 18.6. The van der Waals surface area contributed by atoms with Gasteiger partial charge in [0.1, 0.15) is 31.5 Å². The summed E-state index contributed by atoms with van der Waals surface area (Å²) in [7, 11) is 0. The van der Waals surface area contributed by atoms with Crippen LogP contribution in [0.2, 0.25) is 0 Å². The Morgan fingerprint density at radius 3 is 2.21 bits per heavy atom. The SMILES string of the molecule is CC1=C2C3=C4[C@](C)([C@@H]5C[C@@H]5[C@@]4(O)C[C@H]4[C@]35OC(=O)C3=C5C[C@H]5[C@](O)(COC(=O)/C(C)=C/COC(=O)CCC(=O)OC3)[C@H]3C[C@H]3[C@]45C)[C@@H](O)[C@@]2(O)OC1=O. The van der Waals surface area contributed by atoms with Crippen molar-refractivity contribution in [2.24, 2.45) is 46.3 Å². The number of cyclic esters (lactones) is 3. The van der Waals surface area contributed by atoms with E-state index in [0.717, 1.165) is 0 Å². The van der Waals surface area contributed by atoms with E-state index in [1.165, 1.54) is 19.9 Å². The molecule has 2 bridgehead atoms. The summed E-state index contributed by atoms with van der Waals surface area (Å²) in [5.74, 6) is -8.71. The van der Waals surface area contributed by atoms with Gasteiger partial charge in [-0.1, -0.05) is 13.8 Å². The van der Waals surface area contributed by atoms with Crippen molar-refractivity contribution >= 4 is 29.8 Å². The molecular formula is C39H42O14. The second-order valence-electron chi connectivity index (χ2n) is 17.6. The Bertz CT molecular complexity index is 2020. The van der Waals surface area contributed by atoms with Crippen molar-refractivity contribution in [3.63, 3.8) is 0 Å². The summed E-state index contributed by atoms with van der Waals surface area (Å²) in [5, 5.41) is 50.2. The molecule has 4 N–H and O–H groups in total. The number of rotatable bonds is 0. The Morgan fingerprint density at radius 2 is 1.47 bits per heavy atom. The van der Waals surface area contributed by atoms with E-state index in [0.29, 0.717) is 24.0 Å². The number of ether oxygens (including phenoxy) is 5. The lowest BCUT2D eigenvalue weighted by Crippen LogP contribution is -2.69. The summed E-state index contributed by atoms with van der Waals surface area (Å²) in [4.78, 5) is 66.3. The maximum Gasteiger partial charge on any atom is 0.338 e. The first-order chi connectivity index (χ1) is 24.9. The molecule has 0 saturated heterocycles. The second-order valence-corrected chi connectivity index (χ2v) is 17.6. The average molecular weight is 735 g/mol. The average Bonchev–Trinajstić information content (AvgIpc) is 4.01. The van der Waals surface area contributed by atoms with E-state index in [9.17, 15) is 44.4 Å². The number of esters is 5. The summed E-state index contributed by atoms with van der Waals surface area (Å²) < 4.78 is 28.8. The molecule has 0 unspecified atom stereocenters. The maximum absolute atomic E-state index is 14.4. The third kappa shape index (κ3) is 3.67. The van der Waals surface area contributed by atoms with Crippen molar-refractivity contribution in [2.45, 2.75) is 94.9 Å². The van der Waals surface area contributed by atoms with Crippen molar-refractivity contribution in [1.29, 1.82) is 0 Å². The largest absolute Gasteiger partial charge is 0.461 e. The van der Waals surface area contributed by atoms with Crippen molar-refractivity contribution < 1.29 is 68.1 Å². The van der Waals surface area contributed by atoms with Crippen LogP contribution >= 0.6 is 0 Å². The van der Waals surface area contributed by atoms with Gasteiger partial charge in [0.15, 0.2) is 5.60 Å². The van der Waals surface area contributed by atoms with E-state index in [1.807, 2.05) is 6.92 Å². The lowest BCUT2D eigenvalue weighted by molar-refractivity contribution is -0.244. The fourth-order valence-corrected chi connectivity index (χ4v) is 13.2. The van der Waals surface area contributed by atoms with Crippen LogP contribution in [0, 0.1) is 46.3 Å². The van der Waals surface area contributed by atoms with Crippen LogP contribution in [0.15, 0.2) is 45.1 Å². The van der Waals surface area contributed by atoms with Gasteiger partial charge in [0.25, 0.3) is 5.79 Å². The molecule has 14 heteroatoms.